The van der Waals surface area contributed by atoms with Gasteiger partial charge in [0.05, 0.1) is 6.42 Å². The Morgan fingerprint density at radius 1 is 0.974 bits per heavy atom. The quantitative estimate of drug-likeness (QED) is 0.220. The number of ketones is 5. The summed E-state index contributed by atoms with van der Waals surface area (Å²) in [7, 11) is 0. The summed E-state index contributed by atoms with van der Waals surface area (Å²) < 4.78 is 0. The lowest BCUT2D eigenvalue weighted by molar-refractivity contribution is -0.130. The molecule has 38 heavy (non-hydrogen) atoms. The maximum atomic E-state index is 13.4. The minimum Gasteiger partial charge on any atom is -0.300 e. The molecule has 0 fully saturated rings. The van der Waals surface area contributed by atoms with Crippen molar-refractivity contribution in [3.8, 4) is 0 Å². The second kappa shape index (κ2) is 14.6. The lowest BCUT2D eigenvalue weighted by atomic mass is 9.71. The van der Waals surface area contributed by atoms with Crippen LogP contribution in [0.1, 0.15) is 120 Å². The Kier molecular flexibility index (Phi) is 12.3. The van der Waals surface area contributed by atoms with E-state index >= 15 is 0 Å². The molecule has 0 bridgehead atoms. The molecule has 5 heteroatoms. The predicted molar refractivity (Wildman–Crippen MR) is 151 cm³/mol. The van der Waals surface area contributed by atoms with E-state index in [0.717, 1.165) is 47.9 Å². The Labute approximate surface area is 229 Å². The molecule has 5 nitrogen and oxygen atoms in total. The summed E-state index contributed by atoms with van der Waals surface area (Å²) in [5.41, 5.74) is 3.54. The molecule has 4 atom stereocenters. The van der Waals surface area contributed by atoms with Gasteiger partial charge < -0.3 is 0 Å². The Morgan fingerprint density at radius 2 is 1.66 bits per heavy atom. The molecule has 0 aliphatic heterocycles. The van der Waals surface area contributed by atoms with Crippen LogP contribution in [-0.2, 0) is 32.0 Å². The zero-order valence-corrected chi connectivity index (χ0v) is 24.7. The van der Waals surface area contributed by atoms with Crippen molar-refractivity contribution in [2.45, 2.75) is 113 Å². The minimum atomic E-state index is -0.252. The summed E-state index contributed by atoms with van der Waals surface area (Å²) in [5, 5.41) is 0. The van der Waals surface area contributed by atoms with Crippen LogP contribution in [0.2, 0.25) is 0 Å². The molecule has 1 aliphatic rings. The monoisotopic (exact) mass is 524 g/mol. The predicted octanol–water partition coefficient (Wildman–Crippen LogP) is 6.87. The standard InChI is InChI=1S/C33H48O5/c1-8-11-25(28(9-2)31(37)14-21(6)34)15-23-16-26-13-12-24(22(7)33(26)32(38)17-23)18-27(35)19-29(20(4)5)30(36)10-3/h12-13,20,23,25,28-29H,8-11,14-19H2,1-7H3. The van der Waals surface area contributed by atoms with Crippen LogP contribution in [-0.4, -0.2) is 28.9 Å². The second-order valence-electron chi connectivity index (χ2n) is 11.8. The molecule has 0 heterocycles. The van der Waals surface area contributed by atoms with E-state index in [1.54, 1.807) is 0 Å². The van der Waals surface area contributed by atoms with Gasteiger partial charge in [0.2, 0.25) is 0 Å². The molecule has 0 spiro atoms. The highest BCUT2D eigenvalue weighted by Crippen LogP contribution is 2.37. The van der Waals surface area contributed by atoms with Crippen molar-refractivity contribution in [3.05, 3.63) is 34.4 Å². The molecule has 0 aromatic heterocycles. The number of fused-ring (bicyclic) bond motifs is 1. The maximum Gasteiger partial charge on any atom is 0.163 e. The summed E-state index contributed by atoms with van der Waals surface area (Å²) >= 11 is 0. The molecule has 1 aromatic carbocycles. The van der Waals surface area contributed by atoms with Crippen LogP contribution in [0.3, 0.4) is 0 Å². The third kappa shape index (κ3) is 8.28. The lowest BCUT2D eigenvalue weighted by Gasteiger charge is -2.32. The fourth-order valence-corrected chi connectivity index (χ4v) is 6.47. The average molecular weight is 525 g/mol. The molecular weight excluding hydrogens is 476 g/mol. The van der Waals surface area contributed by atoms with Gasteiger partial charge in [0.1, 0.15) is 23.1 Å². The first-order valence-corrected chi connectivity index (χ1v) is 14.6. The van der Waals surface area contributed by atoms with Gasteiger partial charge in [0.25, 0.3) is 0 Å². The van der Waals surface area contributed by atoms with Gasteiger partial charge in [-0.2, -0.15) is 0 Å². The van der Waals surface area contributed by atoms with Crippen molar-refractivity contribution in [2.75, 3.05) is 0 Å². The molecule has 2 rings (SSSR count). The highest BCUT2D eigenvalue weighted by atomic mass is 16.2. The van der Waals surface area contributed by atoms with Crippen molar-refractivity contribution in [1.82, 2.24) is 0 Å². The van der Waals surface area contributed by atoms with E-state index < -0.39 is 0 Å². The fourth-order valence-electron chi connectivity index (χ4n) is 6.47. The van der Waals surface area contributed by atoms with Gasteiger partial charge >= 0.3 is 0 Å². The van der Waals surface area contributed by atoms with Crippen LogP contribution in [0, 0.1) is 36.5 Å². The summed E-state index contributed by atoms with van der Waals surface area (Å²) in [6.07, 6.45) is 5.55. The van der Waals surface area contributed by atoms with Gasteiger partial charge in [-0.25, -0.2) is 0 Å². The Hall–Kier alpha value is -2.43. The zero-order valence-electron chi connectivity index (χ0n) is 24.7. The van der Waals surface area contributed by atoms with Crippen LogP contribution >= 0.6 is 0 Å². The van der Waals surface area contributed by atoms with Crippen LogP contribution in [0.15, 0.2) is 12.1 Å². The Balaban J connectivity index is 2.19. The Bertz CT molecular complexity index is 1030. The van der Waals surface area contributed by atoms with Gasteiger partial charge in [-0.1, -0.05) is 59.6 Å². The smallest absolute Gasteiger partial charge is 0.163 e. The van der Waals surface area contributed by atoms with Crippen molar-refractivity contribution < 1.29 is 24.0 Å². The lowest BCUT2D eigenvalue weighted by Crippen LogP contribution is -2.30. The highest BCUT2D eigenvalue weighted by Gasteiger charge is 2.33. The topological polar surface area (TPSA) is 85.3 Å². The molecule has 0 saturated carbocycles. The van der Waals surface area contributed by atoms with E-state index in [9.17, 15) is 24.0 Å². The Morgan fingerprint density at radius 3 is 2.21 bits per heavy atom. The van der Waals surface area contributed by atoms with E-state index in [-0.39, 0.29) is 77.8 Å². The zero-order chi connectivity index (χ0) is 28.6. The van der Waals surface area contributed by atoms with E-state index in [1.165, 1.54) is 6.92 Å². The summed E-state index contributed by atoms with van der Waals surface area (Å²) in [5.74, 6) is 0.304. The molecule has 4 unspecified atom stereocenters. The first kappa shape index (κ1) is 31.8. The first-order chi connectivity index (χ1) is 17.9. The number of rotatable bonds is 16. The number of benzene rings is 1. The highest BCUT2D eigenvalue weighted by molar-refractivity contribution is 6.01. The first-order valence-electron chi connectivity index (χ1n) is 14.6. The minimum absolute atomic E-state index is 0.00361. The van der Waals surface area contributed by atoms with Gasteiger partial charge in [0.15, 0.2) is 5.78 Å². The van der Waals surface area contributed by atoms with Crippen LogP contribution < -0.4 is 0 Å². The molecule has 210 valence electrons. The summed E-state index contributed by atoms with van der Waals surface area (Å²) in [6.45, 7) is 13.3. The molecular formula is C33H48O5. The molecule has 1 aromatic rings. The third-order valence-corrected chi connectivity index (χ3v) is 8.47. The molecule has 0 amide bonds. The SMILES string of the molecule is CCCC(CC1CC(=O)c2c(ccc(CC(=O)CC(C(=O)CC)C(C)C)c2C)C1)C(CC)C(=O)CC(C)=O. The number of Topliss-reactive ketones (excluding diaryl/α,β-unsaturated/α-hetero) is 5. The fraction of sp³-hybridized carbons (Fsp3) is 0.667. The van der Waals surface area contributed by atoms with E-state index in [2.05, 4.69) is 6.92 Å². The van der Waals surface area contributed by atoms with Gasteiger partial charge in [-0.05, 0) is 67.6 Å². The van der Waals surface area contributed by atoms with Gasteiger partial charge in [0, 0.05) is 43.1 Å². The number of hydrogen-bond donors (Lipinski definition) is 0. The number of carbonyl (C=O) groups is 5. The maximum absolute atomic E-state index is 13.4. The largest absolute Gasteiger partial charge is 0.300 e. The normalized spacial score (nSPS) is 17.6. The van der Waals surface area contributed by atoms with Crippen LogP contribution in [0.25, 0.3) is 0 Å². The van der Waals surface area contributed by atoms with Crippen molar-refractivity contribution >= 4 is 28.9 Å². The van der Waals surface area contributed by atoms with Crippen molar-refractivity contribution in [1.29, 1.82) is 0 Å². The van der Waals surface area contributed by atoms with Crippen LogP contribution in [0.5, 0.6) is 0 Å². The number of hydrogen-bond acceptors (Lipinski definition) is 5. The van der Waals surface area contributed by atoms with E-state index in [0.29, 0.717) is 19.3 Å². The van der Waals surface area contributed by atoms with Crippen molar-refractivity contribution in [2.24, 2.45) is 29.6 Å². The average Bonchev–Trinajstić information content (AvgIpc) is 2.83. The summed E-state index contributed by atoms with van der Waals surface area (Å²) in [6, 6.07) is 3.97. The second-order valence-corrected chi connectivity index (χ2v) is 11.8. The molecule has 0 saturated heterocycles. The van der Waals surface area contributed by atoms with Crippen LogP contribution in [0.4, 0.5) is 0 Å². The van der Waals surface area contributed by atoms with Gasteiger partial charge in [-0.3, -0.25) is 24.0 Å². The van der Waals surface area contributed by atoms with E-state index in [4.69, 9.17) is 0 Å². The third-order valence-electron chi connectivity index (χ3n) is 8.47. The molecule has 0 radical (unpaired) electrons. The van der Waals surface area contributed by atoms with Crippen molar-refractivity contribution in [3.63, 3.8) is 0 Å². The molecule has 1 aliphatic carbocycles. The van der Waals surface area contributed by atoms with Gasteiger partial charge in [-0.15, -0.1) is 0 Å². The molecule has 0 N–H and O–H groups in total. The summed E-state index contributed by atoms with van der Waals surface area (Å²) in [4.78, 5) is 63.0. The van der Waals surface area contributed by atoms with E-state index in [1.807, 2.05) is 46.8 Å². The number of carbonyl (C=O) groups excluding carboxylic acids is 5.